The van der Waals surface area contributed by atoms with Crippen LogP contribution in [0, 0.1) is 0 Å². The fourth-order valence-corrected chi connectivity index (χ4v) is 4.65. The first-order chi connectivity index (χ1) is 13.8. The molecule has 2 heterocycles. The number of hydrogen-bond acceptors (Lipinski definition) is 4. The molecule has 1 aliphatic heterocycles. The van der Waals surface area contributed by atoms with Gasteiger partial charge in [0.05, 0.1) is 19.1 Å². The first kappa shape index (κ1) is 18.4. The van der Waals surface area contributed by atoms with E-state index in [0.29, 0.717) is 13.0 Å². The van der Waals surface area contributed by atoms with Gasteiger partial charge < -0.3 is 14.1 Å². The molecule has 28 heavy (non-hydrogen) atoms. The summed E-state index contributed by atoms with van der Waals surface area (Å²) in [6.45, 7) is 0.496. The van der Waals surface area contributed by atoms with E-state index in [1.165, 1.54) is 0 Å². The number of ether oxygens (including phenoxy) is 1. The maximum atomic E-state index is 13.2. The molecule has 2 aromatic carbocycles. The summed E-state index contributed by atoms with van der Waals surface area (Å²) in [6, 6.07) is 19.7. The van der Waals surface area contributed by atoms with Crippen molar-refractivity contribution in [2.45, 2.75) is 16.6 Å². The summed E-state index contributed by atoms with van der Waals surface area (Å²) in [7, 11) is 1.67. The predicted octanol–water partition coefficient (Wildman–Crippen LogP) is 5.57. The van der Waals surface area contributed by atoms with Crippen LogP contribution >= 0.6 is 11.8 Å². The van der Waals surface area contributed by atoms with Crippen LogP contribution in [0.2, 0.25) is 0 Å². The van der Waals surface area contributed by atoms with Crippen LogP contribution in [-0.2, 0) is 4.79 Å². The van der Waals surface area contributed by atoms with Gasteiger partial charge in [-0.25, -0.2) is 0 Å². The molecule has 1 amide bonds. The molecule has 0 fully saturated rings. The monoisotopic (exact) mass is 391 g/mol. The molecular weight excluding hydrogens is 370 g/mol. The Kier molecular flexibility index (Phi) is 5.53. The number of carbonyl (C=O) groups excluding carboxylic acids is 1. The van der Waals surface area contributed by atoms with Crippen molar-refractivity contribution in [2.24, 2.45) is 0 Å². The summed E-state index contributed by atoms with van der Waals surface area (Å²) in [5.74, 6) is 1.69. The van der Waals surface area contributed by atoms with Gasteiger partial charge in [-0.05, 0) is 36.4 Å². The molecule has 1 aliphatic rings. The fraction of sp³-hybridized carbons (Fsp3) is 0.174. The normalized spacial score (nSPS) is 16.8. The summed E-state index contributed by atoms with van der Waals surface area (Å²) in [6.07, 6.45) is 5.90. The van der Waals surface area contributed by atoms with Crippen molar-refractivity contribution in [3.8, 4) is 5.75 Å². The second-order valence-electron chi connectivity index (χ2n) is 6.44. The summed E-state index contributed by atoms with van der Waals surface area (Å²) in [4.78, 5) is 16.1. The third-order valence-corrected chi connectivity index (χ3v) is 5.99. The number of thioether (sulfide) groups is 1. The second-order valence-corrected chi connectivity index (χ2v) is 7.69. The minimum Gasteiger partial charge on any atom is -0.496 e. The molecule has 0 N–H and O–H groups in total. The standard InChI is InChI=1S/C23H21NO3S/c1-26-20-12-4-2-10-18(20)22-16-23(25)24(14-6-8-17-9-7-15-27-17)19-11-3-5-13-21(19)28-22/h2-13,15,22H,14,16H2,1H3/b8-6+. The number of nitrogens with zero attached hydrogens (tertiary/aromatic N) is 1. The molecule has 0 saturated heterocycles. The van der Waals surface area contributed by atoms with E-state index >= 15 is 0 Å². The number of carbonyl (C=O) groups is 1. The third kappa shape index (κ3) is 3.85. The molecule has 1 unspecified atom stereocenters. The number of anilines is 1. The minimum atomic E-state index is 0.00357. The highest BCUT2D eigenvalue weighted by molar-refractivity contribution is 7.99. The molecular formula is C23H21NO3S. The lowest BCUT2D eigenvalue weighted by Crippen LogP contribution is -2.30. The molecule has 0 spiro atoms. The highest BCUT2D eigenvalue weighted by atomic mass is 32.2. The lowest BCUT2D eigenvalue weighted by molar-refractivity contribution is -0.118. The van der Waals surface area contributed by atoms with E-state index in [9.17, 15) is 4.79 Å². The van der Waals surface area contributed by atoms with Crippen LogP contribution in [-0.4, -0.2) is 19.6 Å². The quantitative estimate of drug-likeness (QED) is 0.570. The van der Waals surface area contributed by atoms with Gasteiger partial charge in [0.1, 0.15) is 11.5 Å². The number of furan rings is 1. The molecule has 0 saturated carbocycles. The number of amides is 1. The average molecular weight is 391 g/mol. The minimum absolute atomic E-state index is 0.00357. The Morgan fingerprint density at radius 1 is 1.14 bits per heavy atom. The largest absolute Gasteiger partial charge is 0.496 e. The highest BCUT2D eigenvalue weighted by Crippen LogP contribution is 2.47. The predicted molar refractivity (Wildman–Crippen MR) is 113 cm³/mol. The Bertz CT molecular complexity index is 981. The van der Waals surface area contributed by atoms with Crippen molar-refractivity contribution in [3.63, 3.8) is 0 Å². The summed E-state index contributed by atoms with van der Waals surface area (Å²) >= 11 is 1.71. The van der Waals surface area contributed by atoms with Gasteiger partial charge in [0.25, 0.3) is 0 Å². The van der Waals surface area contributed by atoms with Crippen molar-refractivity contribution in [2.75, 3.05) is 18.6 Å². The van der Waals surface area contributed by atoms with Crippen LogP contribution in [0.25, 0.3) is 6.08 Å². The zero-order chi connectivity index (χ0) is 19.3. The van der Waals surface area contributed by atoms with Gasteiger partial charge in [-0.2, -0.15) is 0 Å². The van der Waals surface area contributed by atoms with Crippen molar-refractivity contribution in [1.82, 2.24) is 0 Å². The first-order valence-electron chi connectivity index (χ1n) is 9.15. The Morgan fingerprint density at radius 3 is 2.79 bits per heavy atom. The Hall–Kier alpha value is -2.92. The molecule has 0 bridgehead atoms. The van der Waals surface area contributed by atoms with E-state index in [2.05, 4.69) is 6.07 Å². The Balaban J connectivity index is 1.64. The van der Waals surface area contributed by atoms with Crippen LogP contribution in [0.4, 0.5) is 5.69 Å². The van der Waals surface area contributed by atoms with E-state index in [4.69, 9.17) is 9.15 Å². The molecule has 142 valence electrons. The van der Waals surface area contributed by atoms with Gasteiger partial charge in [0.15, 0.2) is 0 Å². The average Bonchev–Trinajstić information content (AvgIpc) is 3.20. The molecule has 4 rings (SSSR count). The molecule has 0 radical (unpaired) electrons. The van der Waals surface area contributed by atoms with E-state index in [1.807, 2.05) is 71.6 Å². The van der Waals surface area contributed by atoms with E-state index in [-0.39, 0.29) is 11.2 Å². The SMILES string of the molecule is COc1ccccc1C1CC(=O)N(C/C=C/c2ccco2)c2ccccc2S1. The van der Waals surface area contributed by atoms with Gasteiger partial charge in [0.2, 0.25) is 5.91 Å². The molecule has 4 nitrogen and oxygen atoms in total. The fourth-order valence-electron chi connectivity index (χ4n) is 3.34. The zero-order valence-corrected chi connectivity index (χ0v) is 16.4. The molecule has 5 heteroatoms. The second kappa shape index (κ2) is 8.40. The van der Waals surface area contributed by atoms with Gasteiger partial charge in [0, 0.05) is 28.7 Å². The Morgan fingerprint density at radius 2 is 1.96 bits per heavy atom. The third-order valence-electron chi connectivity index (χ3n) is 4.69. The van der Waals surface area contributed by atoms with Crippen LogP contribution < -0.4 is 9.64 Å². The first-order valence-corrected chi connectivity index (χ1v) is 10.0. The summed E-state index contributed by atoms with van der Waals surface area (Å²) in [5.41, 5.74) is 1.99. The maximum absolute atomic E-state index is 13.2. The van der Waals surface area contributed by atoms with Crippen LogP contribution in [0.3, 0.4) is 0 Å². The number of fused-ring (bicyclic) bond motifs is 1. The number of para-hydroxylation sites is 2. The molecule has 0 aliphatic carbocycles. The summed E-state index contributed by atoms with van der Waals surface area (Å²) in [5, 5.41) is 0.00357. The van der Waals surface area contributed by atoms with Crippen molar-refractivity contribution >= 4 is 29.4 Å². The van der Waals surface area contributed by atoms with Crippen LogP contribution in [0.15, 0.2) is 82.3 Å². The zero-order valence-electron chi connectivity index (χ0n) is 15.6. The van der Waals surface area contributed by atoms with Gasteiger partial charge in [-0.3, -0.25) is 4.79 Å². The number of rotatable bonds is 5. The van der Waals surface area contributed by atoms with Crippen LogP contribution in [0.1, 0.15) is 23.0 Å². The van der Waals surface area contributed by atoms with E-state index < -0.39 is 0 Å². The maximum Gasteiger partial charge on any atom is 0.228 e. The van der Waals surface area contributed by atoms with Gasteiger partial charge in [-0.1, -0.05) is 36.4 Å². The number of hydrogen-bond donors (Lipinski definition) is 0. The van der Waals surface area contributed by atoms with Gasteiger partial charge in [-0.15, -0.1) is 11.8 Å². The lowest BCUT2D eigenvalue weighted by Gasteiger charge is -2.21. The topological polar surface area (TPSA) is 42.7 Å². The van der Waals surface area contributed by atoms with Crippen molar-refractivity contribution < 1.29 is 13.9 Å². The molecule has 1 atom stereocenters. The van der Waals surface area contributed by atoms with E-state index in [0.717, 1.165) is 27.7 Å². The van der Waals surface area contributed by atoms with Crippen LogP contribution in [0.5, 0.6) is 5.75 Å². The van der Waals surface area contributed by atoms with Crippen molar-refractivity contribution in [1.29, 1.82) is 0 Å². The molecule has 3 aromatic rings. The lowest BCUT2D eigenvalue weighted by atomic mass is 10.1. The smallest absolute Gasteiger partial charge is 0.228 e. The van der Waals surface area contributed by atoms with Crippen molar-refractivity contribution in [3.05, 3.63) is 84.3 Å². The number of benzene rings is 2. The van der Waals surface area contributed by atoms with E-state index in [1.54, 1.807) is 25.1 Å². The molecule has 1 aromatic heterocycles. The highest BCUT2D eigenvalue weighted by Gasteiger charge is 2.29. The van der Waals surface area contributed by atoms with Gasteiger partial charge >= 0.3 is 0 Å². The Labute approximate surface area is 168 Å². The summed E-state index contributed by atoms with van der Waals surface area (Å²) < 4.78 is 10.9. The number of methoxy groups -OCH3 is 1.